The number of carbonyl (C=O) groups is 2. The van der Waals surface area contributed by atoms with Crippen molar-refractivity contribution in [3.8, 4) is 0 Å². The van der Waals surface area contributed by atoms with E-state index in [1.807, 2.05) is 0 Å². The first-order valence-electron chi connectivity index (χ1n) is 8.72. The van der Waals surface area contributed by atoms with Gasteiger partial charge in [0.2, 0.25) is 5.91 Å². The molecule has 2 aliphatic rings. The van der Waals surface area contributed by atoms with Gasteiger partial charge in [-0.3, -0.25) is 9.69 Å². The van der Waals surface area contributed by atoms with Crippen molar-refractivity contribution in [3.63, 3.8) is 0 Å². The van der Waals surface area contributed by atoms with Gasteiger partial charge in [0, 0.05) is 46.3 Å². The second-order valence-corrected chi connectivity index (χ2v) is 6.94. The van der Waals surface area contributed by atoms with Crippen LogP contribution in [0.15, 0.2) is 24.3 Å². The van der Waals surface area contributed by atoms with Crippen LogP contribution in [0, 0.1) is 5.82 Å². The molecule has 1 aromatic carbocycles. The molecular formula is C18H25FN4O2. The first-order chi connectivity index (χ1) is 12.0. The maximum absolute atomic E-state index is 13.3. The molecule has 1 aliphatic heterocycles. The van der Waals surface area contributed by atoms with Gasteiger partial charge in [-0.2, -0.15) is 0 Å². The van der Waals surface area contributed by atoms with Crippen LogP contribution in [0.2, 0.25) is 0 Å². The average Bonchev–Trinajstić information content (AvgIpc) is 3.40. The lowest BCUT2D eigenvalue weighted by Gasteiger charge is -2.39. The van der Waals surface area contributed by atoms with Gasteiger partial charge in [-0.05, 0) is 30.5 Å². The highest BCUT2D eigenvalue weighted by molar-refractivity contribution is 5.83. The number of halogens is 1. The van der Waals surface area contributed by atoms with Gasteiger partial charge in [-0.15, -0.1) is 0 Å². The van der Waals surface area contributed by atoms with Crippen LogP contribution in [0.25, 0.3) is 0 Å². The molecule has 1 aliphatic carbocycles. The lowest BCUT2D eigenvalue weighted by atomic mass is 10.0. The summed E-state index contributed by atoms with van der Waals surface area (Å²) in [5.74, 6) is -0.354. The number of piperazine rings is 1. The summed E-state index contributed by atoms with van der Waals surface area (Å²) < 4.78 is 13.3. The summed E-state index contributed by atoms with van der Waals surface area (Å²) in [4.78, 5) is 30.3. The summed E-state index contributed by atoms with van der Waals surface area (Å²) in [6.07, 6.45) is 2.04. The molecule has 136 valence electrons. The number of hydrogen-bond donors (Lipinski definition) is 1. The zero-order valence-electron chi connectivity index (χ0n) is 14.7. The summed E-state index contributed by atoms with van der Waals surface area (Å²) in [6, 6.07) is 5.93. The Morgan fingerprint density at radius 2 is 1.72 bits per heavy atom. The molecule has 7 heteroatoms. The Labute approximate surface area is 147 Å². The maximum atomic E-state index is 13.3. The SMILES string of the molecule is CN(C)C(=O)N1CCN(C(C(=O)NC2CC2)c2ccc(F)cc2)CC1. The van der Waals surface area contributed by atoms with Crippen LogP contribution in [-0.4, -0.2) is 73.0 Å². The van der Waals surface area contributed by atoms with E-state index in [0.29, 0.717) is 26.2 Å². The molecule has 3 rings (SSSR count). The Balaban J connectivity index is 1.72. The minimum Gasteiger partial charge on any atom is -0.352 e. The van der Waals surface area contributed by atoms with Crippen LogP contribution in [0.3, 0.4) is 0 Å². The molecule has 2 fully saturated rings. The Bertz CT molecular complexity index is 622. The summed E-state index contributed by atoms with van der Waals surface area (Å²) in [5, 5.41) is 3.05. The van der Waals surface area contributed by atoms with Crippen LogP contribution in [-0.2, 0) is 4.79 Å². The van der Waals surface area contributed by atoms with Gasteiger partial charge < -0.3 is 15.1 Å². The maximum Gasteiger partial charge on any atom is 0.319 e. The van der Waals surface area contributed by atoms with Crippen LogP contribution < -0.4 is 5.32 Å². The number of carbonyl (C=O) groups excluding carboxylic acids is 2. The van der Waals surface area contributed by atoms with Gasteiger partial charge in [0.05, 0.1) is 0 Å². The fraction of sp³-hybridized carbons (Fsp3) is 0.556. The van der Waals surface area contributed by atoms with E-state index in [9.17, 15) is 14.0 Å². The number of benzene rings is 1. The molecule has 1 saturated heterocycles. The summed E-state index contributed by atoms with van der Waals surface area (Å²) in [5.41, 5.74) is 0.784. The second-order valence-electron chi connectivity index (χ2n) is 6.94. The predicted octanol–water partition coefficient (Wildman–Crippen LogP) is 1.44. The molecule has 1 heterocycles. The normalized spacial score (nSPS) is 19.4. The third kappa shape index (κ3) is 4.28. The molecule has 25 heavy (non-hydrogen) atoms. The predicted molar refractivity (Wildman–Crippen MR) is 92.5 cm³/mol. The second kappa shape index (κ2) is 7.39. The highest BCUT2D eigenvalue weighted by Gasteiger charge is 2.34. The van der Waals surface area contributed by atoms with Gasteiger partial charge >= 0.3 is 6.03 Å². The van der Waals surface area contributed by atoms with Crippen LogP contribution in [0.1, 0.15) is 24.4 Å². The first-order valence-corrected chi connectivity index (χ1v) is 8.72. The molecule has 0 bridgehead atoms. The lowest BCUT2D eigenvalue weighted by Crippen LogP contribution is -2.54. The van der Waals surface area contributed by atoms with Crippen molar-refractivity contribution in [1.82, 2.24) is 20.0 Å². The number of amides is 3. The molecule has 6 nitrogen and oxygen atoms in total. The standard InChI is InChI=1S/C18H25FN4O2/c1-21(2)18(25)23-11-9-22(10-12-23)16(17(24)20-15-7-8-15)13-3-5-14(19)6-4-13/h3-6,15-16H,7-12H2,1-2H3,(H,20,24). The van der Waals surface area contributed by atoms with Crippen molar-refractivity contribution in [2.24, 2.45) is 0 Å². The minimum atomic E-state index is -0.446. The van der Waals surface area contributed by atoms with Gasteiger partial charge in [-0.25, -0.2) is 9.18 Å². The van der Waals surface area contributed by atoms with E-state index in [0.717, 1.165) is 18.4 Å². The van der Waals surface area contributed by atoms with Crippen molar-refractivity contribution >= 4 is 11.9 Å². The van der Waals surface area contributed by atoms with E-state index >= 15 is 0 Å². The van der Waals surface area contributed by atoms with Crippen molar-refractivity contribution in [3.05, 3.63) is 35.6 Å². The molecule has 0 spiro atoms. The lowest BCUT2D eigenvalue weighted by molar-refractivity contribution is -0.127. The smallest absolute Gasteiger partial charge is 0.319 e. The number of nitrogens with one attached hydrogen (secondary N) is 1. The summed E-state index contributed by atoms with van der Waals surface area (Å²) in [7, 11) is 3.47. The number of rotatable bonds is 4. The number of urea groups is 1. The molecule has 0 radical (unpaired) electrons. The van der Waals surface area contributed by atoms with Crippen molar-refractivity contribution in [2.75, 3.05) is 40.3 Å². The Morgan fingerprint density at radius 1 is 1.12 bits per heavy atom. The Morgan fingerprint density at radius 3 is 2.24 bits per heavy atom. The monoisotopic (exact) mass is 348 g/mol. The molecule has 1 atom stereocenters. The largest absolute Gasteiger partial charge is 0.352 e. The topological polar surface area (TPSA) is 55.9 Å². The van der Waals surface area contributed by atoms with E-state index in [1.165, 1.54) is 12.1 Å². The highest BCUT2D eigenvalue weighted by Crippen LogP contribution is 2.26. The van der Waals surface area contributed by atoms with Crippen molar-refractivity contribution < 1.29 is 14.0 Å². The molecule has 3 amide bonds. The van der Waals surface area contributed by atoms with Gasteiger partial charge in [0.25, 0.3) is 0 Å². The zero-order chi connectivity index (χ0) is 18.0. The van der Waals surface area contributed by atoms with Gasteiger partial charge in [0.15, 0.2) is 0 Å². The van der Waals surface area contributed by atoms with Crippen LogP contribution in [0.4, 0.5) is 9.18 Å². The molecular weight excluding hydrogens is 323 g/mol. The van der Waals surface area contributed by atoms with E-state index in [1.54, 1.807) is 36.0 Å². The quantitative estimate of drug-likeness (QED) is 0.896. The van der Waals surface area contributed by atoms with Gasteiger partial charge in [-0.1, -0.05) is 12.1 Å². The fourth-order valence-corrected chi connectivity index (χ4v) is 3.14. The van der Waals surface area contributed by atoms with Crippen molar-refractivity contribution in [1.29, 1.82) is 0 Å². The summed E-state index contributed by atoms with van der Waals surface area (Å²) >= 11 is 0. The van der Waals surface area contributed by atoms with Gasteiger partial charge in [0.1, 0.15) is 11.9 Å². The van der Waals surface area contributed by atoms with Crippen molar-refractivity contribution in [2.45, 2.75) is 24.9 Å². The molecule has 1 N–H and O–H groups in total. The zero-order valence-corrected chi connectivity index (χ0v) is 14.7. The van der Waals surface area contributed by atoms with Crippen LogP contribution in [0.5, 0.6) is 0 Å². The highest BCUT2D eigenvalue weighted by atomic mass is 19.1. The van der Waals surface area contributed by atoms with E-state index < -0.39 is 6.04 Å². The Kier molecular flexibility index (Phi) is 5.22. The third-order valence-electron chi connectivity index (χ3n) is 4.69. The molecule has 0 aromatic heterocycles. The molecule has 1 aromatic rings. The molecule has 1 unspecified atom stereocenters. The summed E-state index contributed by atoms with van der Waals surface area (Å²) in [6.45, 7) is 2.37. The third-order valence-corrected chi connectivity index (χ3v) is 4.69. The number of nitrogens with zero attached hydrogens (tertiary/aromatic N) is 3. The minimum absolute atomic E-state index is 0.0135. The number of hydrogen-bond acceptors (Lipinski definition) is 3. The first kappa shape index (κ1) is 17.7. The van der Waals surface area contributed by atoms with E-state index in [4.69, 9.17) is 0 Å². The van der Waals surface area contributed by atoms with E-state index in [2.05, 4.69) is 10.2 Å². The van der Waals surface area contributed by atoms with Crippen LogP contribution >= 0.6 is 0 Å². The van der Waals surface area contributed by atoms with E-state index in [-0.39, 0.29) is 23.8 Å². The fourth-order valence-electron chi connectivity index (χ4n) is 3.14. The Hall–Kier alpha value is -2.15. The average molecular weight is 348 g/mol. The molecule has 1 saturated carbocycles.